The van der Waals surface area contributed by atoms with E-state index in [1.54, 1.807) is 18.2 Å². The molecule has 40 heteroatoms. The third-order valence-corrected chi connectivity index (χ3v) is 15.6. The van der Waals surface area contributed by atoms with Crippen molar-refractivity contribution in [2.75, 3.05) is 52.4 Å². The number of primary amides is 1. The Morgan fingerprint density at radius 2 is 0.882 bits per heavy atom. The normalized spacial score (nSPS) is 15.8. The van der Waals surface area contributed by atoms with Gasteiger partial charge in [0.05, 0.1) is 51.6 Å². The van der Waals surface area contributed by atoms with Crippen LogP contribution in [0.25, 0.3) is 0 Å². The van der Waals surface area contributed by atoms with Crippen LogP contribution in [0.3, 0.4) is 0 Å². The molecule has 2 saturated heterocycles. The Hall–Kier alpha value is -11.9. The Bertz CT molecular complexity index is 3400. The smallest absolute Gasteiger partial charge is 0.326 e. The van der Waals surface area contributed by atoms with Gasteiger partial charge in [-0.2, -0.15) is 0 Å². The van der Waals surface area contributed by atoms with Gasteiger partial charge in [-0.25, -0.2) is 4.79 Å². The van der Waals surface area contributed by atoms with Gasteiger partial charge >= 0.3 is 23.9 Å². The largest absolute Gasteiger partial charge is 0.481 e. The minimum Gasteiger partial charge on any atom is -0.481 e. The molecule has 2 fully saturated rings. The summed E-state index contributed by atoms with van der Waals surface area (Å²) < 4.78 is 0. The van der Waals surface area contributed by atoms with Gasteiger partial charge in [0.25, 0.3) is 0 Å². The summed E-state index contributed by atoms with van der Waals surface area (Å²) in [6.45, 7) is -3.56. The van der Waals surface area contributed by atoms with Crippen LogP contribution in [0.15, 0.2) is 60.7 Å². The highest BCUT2D eigenvalue weighted by molar-refractivity contribution is 6.00. The summed E-state index contributed by atoms with van der Waals surface area (Å²) in [7, 11) is 0. The van der Waals surface area contributed by atoms with E-state index in [1.807, 2.05) is 35.6 Å². The average Bonchev–Trinajstić information content (AvgIpc) is 1.60. The van der Waals surface area contributed by atoms with E-state index >= 15 is 0 Å². The number of guanidine groups is 1. The predicted molar refractivity (Wildman–Crippen MR) is 351 cm³/mol. The van der Waals surface area contributed by atoms with Gasteiger partial charge in [0.1, 0.15) is 48.3 Å². The summed E-state index contributed by atoms with van der Waals surface area (Å²) in [5.74, 6) is -20.2. The van der Waals surface area contributed by atoms with Crippen molar-refractivity contribution in [3.8, 4) is 0 Å². The maximum Gasteiger partial charge on any atom is 0.326 e. The molecule has 0 aliphatic carbocycles. The van der Waals surface area contributed by atoms with Crippen LogP contribution in [-0.2, 0) is 99.1 Å². The van der Waals surface area contributed by atoms with Crippen molar-refractivity contribution in [1.29, 1.82) is 5.41 Å². The second-order valence-electron chi connectivity index (χ2n) is 23.6. The number of carboxylic acid groups (broad SMARTS) is 4. The van der Waals surface area contributed by atoms with Crippen LogP contribution < -0.4 is 81.0 Å². The van der Waals surface area contributed by atoms with Gasteiger partial charge in [-0.15, -0.1) is 0 Å². The van der Waals surface area contributed by atoms with Crippen molar-refractivity contribution in [3.63, 3.8) is 0 Å². The first kappa shape index (κ1) is 82.6. The molecule has 2 aromatic carbocycles. The monoisotopic (exact) mass is 1430 g/mol. The predicted octanol–water partition coefficient (Wildman–Crippen LogP) is -8.30. The van der Waals surface area contributed by atoms with E-state index in [9.17, 15) is 102 Å². The molecule has 14 amide bonds. The first-order chi connectivity index (χ1) is 48.3. The van der Waals surface area contributed by atoms with Gasteiger partial charge < -0.3 is 111 Å². The zero-order valence-corrected chi connectivity index (χ0v) is 55.3. The number of benzene rings is 2. The lowest BCUT2D eigenvalue weighted by atomic mass is 10.0. The standard InChI is InChI=1S/C62H86N18O22/c63-35(24-33-10-3-1-4-11-33)59(99)79-22-9-16-43(79)58(98)76-37(14-7-21-67-62(65)66)60(100)80-23-8-15-42(80)57(97)72-30-47(84)69-28-45(82)68-29-46(83)70-31-48(85)73-40(26-44(64)81)53(93)71-32-49(86)74-41(27-52(91)92)56(96)78-39(25-34-12-5-2-6-13-34)55(95)75-36(17-19-50(87)88)54(94)77-38(61(101)102)18-20-51(89)90/h1-6,10-13,35-43H,7-9,14-32,63H2,(H2,64,81)(H,68,82)(H,69,84)(H,70,83)(H,71,93)(H,72,97)(H,73,85)(H,74,86)(H,75,95)(H,76,98)(H,77,94)(H,78,96)(H,87,88)(H,89,90)(H,91,92)(H,101,102)(H4,65,66,67)/t35-,36+,37+,38+,39+,40+,41+,42+,43+/m1/s1. The maximum atomic E-state index is 14.2. The van der Waals surface area contributed by atoms with E-state index in [0.717, 1.165) is 5.56 Å². The van der Waals surface area contributed by atoms with Gasteiger partial charge in [0.2, 0.25) is 82.7 Å². The lowest BCUT2D eigenvalue weighted by Gasteiger charge is -2.31. The van der Waals surface area contributed by atoms with Gasteiger partial charge in [-0.05, 0) is 68.9 Å². The number of nitrogens with one attached hydrogen (secondary N) is 13. The minimum atomic E-state index is -2.02. The van der Waals surface area contributed by atoms with Crippen molar-refractivity contribution in [3.05, 3.63) is 71.8 Å². The van der Waals surface area contributed by atoms with Gasteiger partial charge in [-0.1, -0.05) is 60.7 Å². The summed E-state index contributed by atoms with van der Waals surface area (Å²) in [5.41, 5.74) is 18.2. The molecule has 102 heavy (non-hydrogen) atoms. The Morgan fingerprint density at radius 3 is 1.39 bits per heavy atom. The van der Waals surface area contributed by atoms with Crippen LogP contribution in [0, 0.1) is 5.41 Å². The molecule has 556 valence electrons. The quantitative estimate of drug-likeness (QED) is 0.0167. The number of nitrogens with two attached hydrogens (primary N) is 3. The molecule has 0 radical (unpaired) electrons. The molecule has 0 spiro atoms. The number of carbonyl (C=O) groups excluding carboxylic acids is 14. The summed E-state index contributed by atoms with van der Waals surface area (Å²) >= 11 is 0. The SMILES string of the molecule is N=C(N)NCCC[C@H](NC(=O)[C@@H]1CCCN1C(=O)[C@H](N)Cc1ccccc1)C(=O)N1CCC[C@H]1C(=O)NCC(=O)NCC(=O)NCC(=O)NCC(=O)N[C@@H](CC(N)=O)C(=O)NCC(=O)N[C@@H](CC(=O)O)C(=O)N[C@@H](Cc1ccccc1)C(=O)N[C@@H](CCC(=O)O)C(=O)N[C@@H](CCC(=O)O)C(=O)O. The second-order valence-corrected chi connectivity index (χ2v) is 23.6. The Kier molecular flexibility index (Phi) is 34.1. The molecule has 2 heterocycles. The van der Waals surface area contributed by atoms with Gasteiger partial charge in [0.15, 0.2) is 5.96 Å². The summed E-state index contributed by atoms with van der Waals surface area (Å²) in [6, 6.07) is 3.50. The van der Waals surface area contributed by atoms with Crippen molar-refractivity contribution in [1.82, 2.24) is 73.6 Å². The van der Waals surface area contributed by atoms with Crippen molar-refractivity contribution in [2.45, 2.75) is 144 Å². The molecule has 0 saturated carbocycles. The molecule has 23 N–H and O–H groups in total. The Labute approximate surface area is 582 Å². The molecule has 2 aliphatic heterocycles. The Balaban J connectivity index is 1.26. The van der Waals surface area contributed by atoms with E-state index in [-0.39, 0.29) is 57.7 Å². The van der Waals surface area contributed by atoms with Crippen LogP contribution in [0.1, 0.15) is 88.2 Å². The first-order valence-corrected chi connectivity index (χ1v) is 32.2. The number of amides is 14. The summed E-state index contributed by atoms with van der Waals surface area (Å²) in [4.78, 5) is 234. The van der Waals surface area contributed by atoms with Crippen LogP contribution in [0.2, 0.25) is 0 Å². The average molecular weight is 1440 g/mol. The van der Waals surface area contributed by atoms with Gasteiger partial charge in [-0.3, -0.25) is 86.9 Å². The number of nitrogens with zero attached hydrogens (tertiary/aromatic N) is 2. The Morgan fingerprint density at radius 1 is 0.441 bits per heavy atom. The topological polar surface area (TPSA) is 641 Å². The van der Waals surface area contributed by atoms with Crippen molar-refractivity contribution >= 4 is 113 Å². The molecule has 4 rings (SSSR count). The third-order valence-electron chi connectivity index (χ3n) is 15.6. The van der Waals surface area contributed by atoms with E-state index in [2.05, 4.69) is 58.5 Å². The molecule has 9 atom stereocenters. The lowest BCUT2D eigenvalue weighted by Crippen LogP contribution is -2.59. The van der Waals surface area contributed by atoms with Crippen molar-refractivity contribution < 1.29 is 107 Å². The number of hydrogen-bond acceptors (Lipinski definition) is 20. The number of rotatable bonds is 43. The molecule has 2 aromatic rings. The molecule has 0 aromatic heterocycles. The number of carbonyl (C=O) groups is 18. The number of hydrogen-bond donors (Lipinski definition) is 20. The van der Waals surface area contributed by atoms with Crippen LogP contribution >= 0.6 is 0 Å². The molecule has 40 nitrogen and oxygen atoms in total. The van der Waals surface area contributed by atoms with Gasteiger partial charge in [0, 0.05) is 38.9 Å². The van der Waals surface area contributed by atoms with E-state index in [0.29, 0.717) is 24.8 Å². The molecular formula is C62H86N18O22. The zero-order chi connectivity index (χ0) is 75.6. The van der Waals surface area contributed by atoms with Crippen LogP contribution in [-0.4, -0.2) is 249 Å². The minimum absolute atomic E-state index is 0.0476. The molecule has 0 unspecified atom stereocenters. The maximum absolute atomic E-state index is 14.2. The first-order valence-electron chi connectivity index (χ1n) is 32.2. The van der Waals surface area contributed by atoms with E-state index in [1.165, 1.54) is 21.9 Å². The van der Waals surface area contributed by atoms with Crippen LogP contribution in [0.5, 0.6) is 0 Å². The fourth-order valence-electron chi connectivity index (χ4n) is 10.6. The molecule has 2 aliphatic rings. The fourth-order valence-corrected chi connectivity index (χ4v) is 10.6. The molecule has 0 bridgehead atoms. The highest BCUT2D eigenvalue weighted by Gasteiger charge is 2.42. The number of likely N-dealkylation sites (tertiary alicyclic amines) is 2. The van der Waals surface area contributed by atoms with Crippen LogP contribution in [0.4, 0.5) is 0 Å². The lowest BCUT2D eigenvalue weighted by molar-refractivity contribution is -0.144. The third kappa shape index (κ3) is 29.7. The number of aliphatic carboxylic acids is 4. The zero-order valence-electron chi connectivity index (χ0n) is 55.3. The summed E-state index contributed by atoms with van der Waals surface area (Å²) in [5, 5.41) is 72.2. The fraction of sp³-hybridized carbons (Fsp3) is 0.500. The van der Waals surface area contributed by atoms with E-state index < -0.39 is 232 Å². The number of carboxylic acids is 4. The molecular weight excluding hydrogens is 1350 g/mol. The second kappa shape index (κ2) is 42.2. The summed E-state index contributed by atoms with van der Waals surface area (Å²) in [6.07, 6.45) is -3.24. The van der Waals surface area contributed by atoms with E-state index in [4.69, 9.17) is 27.7 Å². The van der Waals surface area contributed by atoms with Crippen molar-refractivity contribution in [2.24, 2.45) is 17.2 Å². The highest BCUT2D eigenvalue weighted by atomic mass is 16.4. The highest BCUT2D eigenvalue weighted by Crippen LogP contribution is 2.23.